The fourth-order valence-corrected chi connectivity index (χ4v) is 4.71. The van der Waals surface area contributed by atoms with E-state index in [0.717, 1.165) is 16.3 Å². The minimum Gasteiger partial charge on any atom is -0.350 e. The highest BCUT2D eigenvalue weighted by Gasteiger charge is 2.30. The molecule has 0 bridgehead atoms. The molecule has 186 valence electrons. The van der Waals surface area contributed by atoms with Crippen LogP contribution in [-0.2, 0) is 11.3 Å². The van der Waals surface area contributed by atoms with E-state index in [-0.39, 0.29) is 24.4 Å². The molecule has 1 saturated heterocycles. The Kier molecular flexibility index (Phi) is 9.93. The molecule has 1 aliphatic heterocycles. The maximum Gasteiger partial charge on any atom is 0.251 e. The molecule has 4 N–H and O–H groups in total. The number of nitrogens with two attached hydrogens (primary N) is 1. The average Bonchev–Trinajstić information content (AvgIpc) is 3.01. The third-order valence-electron chi connectivity index (χ3n) is 5.85. The van der Waals surface area contributed by atoms with Gasteiger partial charge in [-0.05, 0) is 53.1 Å². The van der Waals surface area contributed by atoms with Gasteiger partial charge in [-0.25, -0.2) is 0 Å². The zero-order valence-electron chi connectivity index (χ0n) is 20.1. The standard InChI is InChI=1S/C25H26Cl2N4O2.C2H6/c26-20-9-16(10-21(27)12-20)15-31-8-7-22(30-23(13-28)25(31)33)14-29-24(32)19-6-5-17-3-1-2-4-18(17)11-19;1-2/h1-6,9-12,22-23,30H,7-8,13-15,28H2,(H,29,32);1-2H3. The van der Waals surface area contributed by atoms with Gasteiger partial charge in [-0.1, -0.05) is 67.4 Å². The van der Waals surface area contributed by atoms with E-state index in [1.54, 1.807) is 23.1 Å². The Hall–Kier alpha value is -2.64. The Bertz CT molecular complexity index is 1150. The van der Waals surface area contributed by atoms with Gasteiger partial charge in [0.1, 0.15) is 0 Å². The lowest BCUT2D eigenvalue weighted by atomic mass is 10.1. The number of benzene rings is 3. The number of fused-ring (bicyclic) bond motifs is 1. The number of nitrogens with one attached hydrogen (secondary N) is 2. The van der Waals surface area contributed by atoms with E-state index in [1.807, 2.05) is 56.3 Å². The summed E-state index contributed by atoms with van der Waals surface area (Å²) in [6.07, 6.45) is 0.675. The molecule has 0 aromatic heterocycles. The topological polar surface area (TPSA) is 87.5 Å². The zero-order valence-corrected chi connectivity index (χ0v) is 21.6. The van der Waals surface area contributed by atoms with Crippen LogP contribution in [-0.4, -0.2) is 48.4 Å². The van der Waals surface area contributed by atoms with Gasteiger partial charge in [0.05, 0.1) is 6.04 Å². The van der Waals surface area contributed by atoms with E-state index < -0.39 is 6.04 Å². The monoisotopic (exact) mass is 514 g/mol. The quantitative estimate of drug-likeness (QED) is 0.447. The van der Waals surface area contributed by atoms with Gasteiger partial charge in [0.15, 0.2) is 0 Å². The number of carbonyl (C=O) groups excluding carboxylic acids is 2. The van der Waals surface area contributed by atoms with Crippen LogP contribution in [0, 0.1) is 0 Å². The summed E-state index contributed by atoms with van der Waals surface area (Å²) in [5, 5.41) is 9.47. The molecule has 0 aliphatic carbocycles. The second-order valence-electron chi connectivity index (χ2n) is 8.25. The number of hydrogen-bond acceptors (Lipinski definition) is 4. The van der Waals surface area contributed by atoms with Crippen molar-refractivity contribution in [2.24, 2.45) is 5.73 Å². The molecule has 1 fully saturated rings. The van der Waals surface area contributed by atoms with Crippen LogP contribution in [0.4, 0.5) is 0 Å². The molecule has 0 saturated carbocycles. The van der Waals surface area contributed by atoms with E-state index >= 15 is 0 Å². The van der Waals surface area contributed by atoms with Gasteiger partial charge in [-0.2, -0.15) is 0 Å². The lowest BCUT2D eigenvalue weighted by Gasteiger charge is -2.24. The highest BCUT2D eigenvalue weighted by molar-refractivity contribution is 6.34. The van der Waals surface area contributed by atoms with Crippen LogP contribution < -0.4 is 16.4 Å². The van der Waals surface area contributed by atoms with E-state index in [2.05, 4.69) is 10.6 Å². The first-order valence-corrected chi connectivity index (χ1v) is 12.7. The molecule has 0 spiro atoms. The third-order valence-corrected chi connectivity index (χ3v) is 6.28. The Balaban J connectivity index is 0.00000167. The van der Waals surface area contributed by atoms with Gasteiger partial charge in [-0.3, -0.25) is 9.59 Å². The molecule has 4 rings (SSSR count). The van der Waals surface area contributed by atoms with Gasteiger partial charge in [0.2, 0.25) is 5.91 Å². The number of amides is 2. The fourth-order valence-electron chi connectivity index (χ4n) is 4.14. The lowest BCUT2D eigenvalue weighted by molar-refractivity contribution is -0.133. The minimum atomic E-state index is -0.523. The minimum absolute atomic E-state index is 0.0723. The molecule has 6 nitrogen and oxygen atoms in total. The normalized spacial score (nSPS) is 18.0. The average molecular weight is 515 g/mol. The first-order chi connectivity index (χ1) is 16.9. The summed E-state index contributed by atoms with van der Waals surface area (Å²) in [5.41, 5.74) is 7.36. The Morgan fingerprint density at radius 2 is 1.74 bits per heavy atom. The number of halogens is 2. The van der Waals surface area contributed by atoms with Crippen LogP contribution in [0.1, 0.15) is 36.2 Å². The summed E-state index contributed by atoms with van der Waals surface area (Å²) < 4.78 is 0. The van der Waals surface area contributed by atoms with E-state index in [1.165, 1.54) is 0 Å². The maximum absolute atomic E-state index is 13.0. The summed E-state index contributed by atoms with van der Waals surface area (Å²) in [6.45, 7) is 5.49. The van der Waals surface area contributed by atoms with Crippen molar-refractivity contribution >= 4 is 45.8 Å². The second-order valence-corrected chi connectivity index (χ2v) is 9.12. The van der Waals surface area contributed by atoms with Gasteiger partial charge >= 0.3 is 0 Å². The van der Waals surface area contributed by atoms with Crippen molar-refractivity contribution in [1.29, 1.82) is 0 Å². The van der Waals surface area contributed by atoms with Gasteiger partial charge in [0, 0.05) is 47.8 Å². The van der Waals surface area contributed by atoms with Crippen LogP contribution in [0.15, 0.2) is 60.7 Å². The Labute approximate surface area is 216 Å². The zero-order chi connectivity index (χ0) is 25.4. The molecular formula is C27H32Cl2N4O2. The third kappa shape index (κ3) is 7.18. The van der Waals surface area contributed by atoms with Gasteiger partial charge in [-0.15, -0.1) is 0 Å². The van der Waals surface area contributed by atoms with Crippen molar-refractivity contribution in [3.05, 3.63) is 81.8 Å². The molecule has 3 aromatic rings. The molecule has 1 heterocycles. The molecule has 1 aliphatic rings. The molecule has 3 aromatic carbocycles. The predicted octanol–water partition coefficient (Wildman–Crippen LogP) is 4.62. The van der Waals surface area contributed by atoms with Crippen LogP contribution >= 0.6 is 23.2 Å². The Morgan fingerprint density at radius 1 is 1.06 bits per heavy atom. The van der Waals surface area contributed by atoms with Crippen molar-refractivity contribution in [3.63, 3.8) is 0 Å². The van der Waals surface area contributed by atoms with Crippen molar-refractivity contribution in [3.8, 4) is 0 Å². The number of hydrogen-bond donors (Lipinski definition) is 3. The SMILES string of the molecule is CC.NCC1NC(CNC(=O)c2ccc3ccccc3c2)CCN(Cc2cc(Cl)cc(Cl)c2)C1=O. The molecule has 2 amide bonds. The van der Waals surface area contributed by atoms with Crippen LogP contribution in [0.25, 0.3) is 10.8 Å². The largest absolute Gasteiger partial charge is 0.350 e. The van der Waals surface area contributed by atoms with Gasteiger partial charge < -0.3 is 21.3 Å². The van der Waals surface area contributed by atoms with E-state index in [0.29, 0.717) is 41.7 Å². The lowest BCUT2D eigenvalue weighted by Crippen LogP contribution is -2.52. The smallest absolute Gasteiger partial charge is 0.251 e. The first kappa shape index (κ1) is 27.0. The maximum atomic E-state index is 13.0. The number of nitrogens with zero attached hydrogens (tertiary/aromatic N) is 1. The van der Waals surface area contributed by atoms with Crippen LogP contribution in [0.2, 0.25) is 10.0 Å². The van der Waals surface area contributed by atoms with Crippen LogP contribution in [0.5, 0.6) is 0 Å². The highest BCUT2D eigenvalue weighted by atomic mass is 35.5. The number of rotatable bonds is 6. The van der Waals surface area contributed by atoms with Crippen molar-refractivity contribution < 1.29 is 9.59 Å². The molecule has 0 radical (unpaired) electrons. The van der Waals surface area contributed by atoms with Crippen LogP contribution in [0.3, 0.4) is 0 Å². The van der Waals surface area contributed by atoms with Gasteiger partial charge in [0.25, 0.3) is 5.91 Å². The van der Waals surface area contributed by atoms with E-state index in [4.69, 9.17) is 28.9 Å². The predicted molar refractivity (Wildman–Crippen MR) is 144 cm³/mol. The summed E-state index contributed by atoms with van der Waals surface area (Å²) in [5.74, 6) is -0.218. The second kappa shape index (κ2) is 12.9. The molecule has 8 heteroatoms. The summed E-state index contributed by atoms with van der Waals surface area (Å²) in [6, 6.07) is 18.2. The van der Waals surface area contributed by atoms with Crippen molar-refractivity contribution in [1.82, 2.24) is 15.5 Å². The summed E-state index contributed by atoms with van der Waals surface area (Å²) >= 11 is 12.2. The molecule has 2 unspecified atom stereocenters. The highest BCUT2D eigenvalue weighted by Crippen LogP contribution is 2.21. The first-order valence-electron chi connectivity index (χ1n) is 11.9. The summed E-state index contributed by atoms with van der Waals surface area (Å²) in [4.78, 5) is 27.5. The summed E-state index contributed by atoms with van der Waals surface area (Å²) in [7, 11) is 0. The fraction of sp³-hybridized carbons (Fsp3) is 0.333. The van der Waals surface area contributed by atoms with E-state index in [9.17, 15) is 9.59 Å². The van der Waals surface area contributed by atoms with Crippen molar-refractivity contribution in [2.45, 2.75) is 38.9 Å². The number of carbonyl (C=O) groups is 2. The molecular weight excluding hydrogens is 483 g/mol. The molecule has 2 atom stereocenters. The molecule has 35 heavy (non-hydrogen) atoms. The Morgan fingerprint density at radius 3 is 2.43 bits per heavy atom. The van der Waals surface area contributed by atoms with Crippen molar-refractivity contribution in [2.75, 3.05) is 19.6 Å².